The van der Waals surface area contributed by atoms with E-state index in [1.807, 2.05) is 18.2 Å². The van der Waals surface area contributed by atoms with Crippen molar-refractivity contribution in [2.75, 3.05) is 0 Å². The Balaban J connectivity index is 2.68. The van der Waals surface area contributed by atoms with Gasteiger partial charge in [-0.05, 0) is 11.5 Å². The van der Waals surface area contributed by atoms with E-state index >= 15 is 0 Å². The Morgan fingerprint density at radius 1 is 1.26 bits per heavy atom. The first-order valence-corrected chi connectivity index (χ1v) is 5.95. The fourth-order valence-electron chi connectivity index (χ4n) is 1.67. The van der Waals surface area contributed by atoms with Crippen molar-refractivity contribution in [3.63, 3.8) is 0 Å². The molecule has 0 aliphatic heterocycles. The van der Waals surface area contributed by atoms with Crippen molar-refractivity contribution in [2.45, 2.75) is 20.5 Å². The average molecular weight is 263 g/mol. The molecule has 1 unspecified atom stereocenters. The summed E-state index contributed by atoms with van der Waals surface area (Å²) >= 11 is 0. The van der Waals surface area contributed by atoms with Gasteiger partial charge >= 0.3 is 11.9 Å². The van der Waals surface area contributed by atoms with Gasteiger partial charge in [0.2, 0.25) is 0 Å². The molecule has 0 aliphatic carbocycles. The molecule has 0 aliphatic rings. The van der Waals surface area contributed by atoms with Crippen molar-refractivity contribution in [1.82, 2.24) is 0 Å². The van der Waals surface area contributed by atoms with Crippen molar-refractivity contribution in [2.24, 2.45) is 11.8 Å². The summed E-state index contributed by atoms with van der Waals surface area (Å²) in [6, 6.07) is 9.10. The highest BCUT2D eigenvalue weighted by Gasteiger charge is 2.32. The molecule has 102 valence electrons. The minimum absolute atomic E-state index is 0.0792. The molecule has 0 spiro atoms. The summed E-state index contributed by atoms with van der Waals surface area (Å²) in [4.78, 5) is 22.7. The number of carbonyl (C=O) groups excluding carboxylic acids is 1. The van der Waals surface area contributed by atoms with Crippen LogP contribution in [0.25, 0.3) is 0 Å². The summed E-state index contributed by atoms with van der Waals surface area (Å²) in [6.45, 7) is 3.45. The van der Waals surface area contributed by atoms with Gasteiger partial charge in [-0.2, -0.15) is 0 Å². The molecular formula is C14H17NO4. The third-order valence-electron chi connectivity index (χ3n) is 2.69. The minimum atomic E-state index is -1.39. The van der Waals surface area contributed by atoms with Crippen LogP contribution < -0.4 is 0 Å². The van der Waals surface area contributed by atoms with Crippen molar-refractivity contribution in [3.8, 4) is 0 Å². The average Bonchev–Trinajstić information content (AvgIpc) is 2.37. The fourth-order valence-corrected chi connectivity index (χ4v) is 1.67. The SMILES string of the molecule is CC(C)C(C(=N)C(=O)O)C(=O)OCc1ccccc1. The van der Waals surface area contributed by atoms with Crippen LogP contribution in [0.3, 0.4) is 0 Å². The number of aliphatic carboxylic acids is 1. The van der Waals surface area contributed by atoms with Gasteiger partial charge in [-0.15, -0.1) is 0 Å². The Morgan fingerprint density at radius 3 is 2.32 bits per heavy atom. The number of ether oxygens (including phenoxy) is 1. The molecule has 1 rings (SSSR count). The number of hydrogen-bond donors (Lipinski definition) is 2. The molecule has 1 aromatic rings. The molecule has 0 radical (unpaired) electrons. The Labute approximate surface area is 111 Å². The Kier molecular flexibility index (Phi) is 5.23. The Morgan fingerprint density at radius 2 is 1.84 bits per heavy atom. The molecule has 0 amide bonds. The van der Waals surface area contributed by atoms with Gasteiger partial charge in [-0.25, -0.2) is 4.79 Å². The summed E-state index contributed by atoms with van der Waals surface area (Å²) in [5.74, 6) is -3.41. The molecule has 0 saturated carbocycles. The lowest BCUT2D eigenvalue weighted by Crippen LogP contribution is -2.34. The van der Waals surface area contributed by atoms with E-state index in [2.05, 4.69) is 0 Å². The topological polar surface area (TPSA) is 87.5 Å². The first-order valence-electron chi connectivity index (χ1n) is 5.95. The van der Waals surface area contributed by atoms with Gasteiger partial charge in [0.25, 0.3) is 0 Å². The molecule has 0 heterocycles. The van der Waals surface area contributed by atoms with E-state index in [1.54, 1.807) is 26.0 Å². The number of hydrogen-bond acceptors (Lipinski definition) is 4. The molecule has 1 atom stereocenters. The summed E-state index contributed by atoms with van der Waals surface area (Å²) in [5.41, 5.74) is 0.188. The van der Waals surface area contributed by atoms with E-state index < -0.39 is 23.6 Å². The molecule has 1 aromatic carbocycles. The van der Waals surface area contributed by atoms with E-state index in [0.29, 0.717) is 0 Å². The highest BCUT2D eigenvalue weighted by molar-refractivity contribution is 6.38. The number of carboxylic acid groups (broad SMARTS) is 1. The van der Waals surface area contributed by atoms with Crippen LogP contribution in [0.5, 0.6) is 0 Å². The van der Waals surface area contributed by atoms with Crippen LogP contribution in [0, 0.1) is 17.2 Å². The van der Waals surface area contributed by atoms with Gasteiger partial charge in [0, 0.05) is 0 Å². The smallest absolute Gasteiger partial charge is 0.350 e. The van der Waals surface area contributed by atoms with Crippen molar-refractivity contribution in [3.05, 3.63) is 35.9 Å². The highest BCUT2D eigenvalue weighted by Crippen LogP contribution is 2.16. The quantitative estimate of drug-likeness (QED) is 0.607. The molecule has 0 fully saturated rings. The van der Waals surface area contributed by atoms with Crippen molar-refractivity contribution in [1.29, 1.82) is 5.41 Å². The van der Waals surface area contributed by atoms with E-state index in [4.69, 9.17) is 15.3 Å². The number of benzene rings is 1. The molecule has 19 heavy (non-hydrogen) atoms. The maximum absolute atomic E-state index is 11.9. The highest BCUT2D eigenvalue weighted by atomic mass is 16.5. The second-order valence-electron chi connectivity index (χ2n) is 4.53. The number of carboxylic acids is 1. The Hall–Kier alpha value is -2.17. The molecule has 5 heteroatoms. The normalized spacial score (nSPS) is 11.9. The zero-order chi connectivity index (χ0) is 14.4. The monoisotopic (exact) mass is 263 g/mol. The van der Waals surface area contributed by atoms with E-state index in [9.17, 15) is 9.59 Å². The lowest BCUT2D eigenvalue weighted by atomic mass is 9.91. The summed E-state index contributed by atoms with van der Waals surface area (Å²) < 4.78 is 5.08. The first kappa shape index (κ1) is 14.9. The molecular weight excluding hydrogens is 246 g/mol. The molecule has 0 aromatic heterocycles. The van der Waals surface area contributed by atoms with Gasteiger partial charge in [0.15, 0.2) is 0 Å². The second-order valence-corrected chi connectivity index (χ2v) is 4.53. The molecule has 2 N–H and O–H groups in total. The third kappa shape index (κ3) is 4.21. The number of rotatable bonds is 6. The van der Waals surface area contributed by atoms with Gasteiger partial charge in [-0.1, -0.05) is 44.2 Å². The zero-order valence-electron chi connectivity index (χ0n) is 10.9. The summed E-state index contributed by atoms with van der Waals surface area (Å²) in [5, 5.41) is 16.2. The predicted octanol–water partition coefficient (Wildman–Crippen LogP) is 2.11. The fraction of sp³-hybridized carbons (Fsp3) is 0.357. The van der Waals surface area contributed by atoms with Crippen LogP contribution in [-0.4, -0.2) is 22.8 Å². The number of esters is 1. The van der Waals surface area contributed by atoms with Gasteiger partial charge < -0.3 is 9.84 Å². The summed E-state index contributed by atoms with van der Waals surface area (Å²) in [6.07, 6.45) is 0. The Bertz CT molecular complexity index is 468. The van der Waals surface area contributed by atoms with Gasteiger partial charge in [-0.3, -0.25) is 10.2 Å². The first-order chi connectivity index (χ1) is 8.93. The van der Waals surface area contributed by atoms with Gasteiger partial charge in [0.1, 0.15) is 18.2 Å². The van der Waals surface area contributed by atoms with E-state index in [0.717, 1.165) is 5.56 Å². The van der Waals surface area contributed by atoms with Crippen LogP contribution in [0.4, 0.5) is 0 Å². The van der Waals surface area contributed by atoms with Crippen LogP contribution in [0.2, 0.25) is 0 Å². The van der Waals surface area contributed by atoms with Crippen LogP contribution in [-0.2, 0) is 20.9 Å². The van der Waals surface area contributed by atoms with Crippen LogP contribution in [0.1, 0.15) is 19.4 Å². The minimum Gasteiger partial charge on any atom is -0.477 e. The van der Waals surface area contributed by atoms with Crippen LogP contribution >= 0.6 is 0 Å². The maximum Gasteiger partial charge on any atom is 0.350 e. The predicted molar refractivity (Wildman–Crippen MR) is 69.9 cm³/mol. The largest absolute Gasteiger partial charge is 0.477 e. The third-order valence-corrected chi connectivity index (χ3v) is 2.69. The second kappa shape index (κ2) is 6.68. The number of carbonyl (C=O) groups is 2. The lowest BCUT2D eigenvalue weighted by molar-refractivity contribution is -0.149. The van der Waals surface area contributed by atoms with E-state index in [-0.39, 0.29) is 12.5 Å². The standard InChI is InChI=1S/C14H17NO4/c1-9(2)11(12(15)13(16)17)14(18)19-8-10-6-4-3-5-7-10/h3-7,9,11,15H,8H2,1-2H3,(H,16,17). The van der Waals surface area contributed by atoms with E-state index in [1.165, 1.54) is 0 Å². The van der Waals surface area contributed by atoms with Crippen molar-refractivity contribution >= 4 is 17.7 Å². The molecule has 0 saturated heterocycles. The van der Waals surface area contributed by atoms with Gasteiger partial charge in [0.05, 0.1) is 0 Å². The molecule has 5 nitrogen and oxygen atoms in total. The maximum atomic E-state index is 11.9. The molecule has 0 bridgehead atoms. The zero-order valence-corrected chi connectivity index (χ0v) is 10.9. The summed E-state index contributed by atoms with van der Waals surface area (Å²) in [7, 11) is 0. The number of nitrogens with one attached hydrogen (secondary N) is 1. The van der Waals surface area contributed by atoms with Crippen molar-refractivity contribution < 1.29 is 19.4 Å². The van der Waals surface area contributed by atoms with Crippen LogP contribution in [0.15, 0.2) is 30.3 Å². The lowest BCUT2D eigenvalue weighted by Gasteiger charge is -2.18.